The maximum atomic E-state index is 13.9. The first-order valence-corrected chi connectivity index (χ1v) is 9.70. The molecule has 2 atom stereocenters. The van der Waals surface area contributed by atoms with Crippen molar-refractivity contribution in [1.29, 1.82) is 0 Å². The van der Waals surface area contributed by atoms with Gasteiger partial charge >= 0.3 is 5.97 Å². The number of esters is 1. The fourth-order valence-corrected chi connectivity index (χ4v) is 4.61. The molecule has 2 heterocycles. The Morgan fingerprint density at radius 2 is 2.00 bits per heavy atom. The SMILES string of the molecule is Cc1c(C(=O)OCC(=O)N2CCC[C@@H]3CCCC[C@@H]32)oc2c(F)cccc12. The highest BCUT2D eigenvalue weighted by Crippen LogP contribution is 2.35. The van der Waals surface area contributed by atoms with Gasteiger partial charge in [0.1, 0.15) is 0 Å². The largest absolute Gasteiger partial charge is 0.450 e. The van der Waals surface area contributed by atoms with Gasteiger partial charge in [0.2, 0.25) is 5.76 Å². The van der Waals surface area contributed by atoms with Crippen LogP contribution < -0.4 is 0 Å². The summed E-state index contributed by atoms with van der Waals surface area (Å²) >= 11 is 0. The van der Waals surface area contributed by atoms with Crippen molar-refractivity contribution < 1.29 is 23.1 Å². The molecule has 2 aliphatic rings. The van der Waals surface area contributed by atoms with Crippen molar-refractivity contribution in [3.63, 3.8) is 0 Å². The van der Waals surface area contributed by atoms with Crippen LogP contribution in [-0.2, 0) is 9.53 Å². The smallest absolute Gasteiger partial charge is 0.375 e. The van der Waals surface area contributed by atoms with Crippen LogP contribution >= 0.6 is 0 Å². The zero-order valence-electron chi connectivity index (χ0n) is 15.5. The van der Waals surface area contributed by atoms with Crippen molar-refractivity contribution in [2.75, 3.05) is 13.2 Å². The molecule has 1 saturated carbocycles. The first kappa shape index (κ1) is 18.0. The third-order valence-electron chi connectivity index (χ3n) is 5.99. The Kier molecular flexibility index (Phi) is 4.89. The minimum atomic E-state index is -0.728. The lowest BCUT2D eigenvalue weighted by atomic mass is 9.78. The lowest BCUT2D eigenvalue weighted by Crippen LogP contribution is -2.50. The van der Waals surface area contributed by atoms with Crippen molar-refractivity contribution in [3.8, 4) is 0 Å². The van der Waals surface area contributed by atoms with Gasteiger partial charge in [-0.1, -0.05) is 25.0 Å². The number of ether oxygens (including phenoxy) is 1. The number of likely N-dealkylation sites (tertiary alicyclic amines) is 1. The second-order valence-corrected chi connectivity index (χ2v) is 7.59. The van der Waals surface area contributed by atoms with E-state index in [0.717, 1.165) is 25.8 Å². The molecule has 144 valence electrons. The van der Waals surface area contributed by atoms with Crippen molar-refractivity contribution in [2.45, 2.75) is 51.5 Å². The van der Waals surface area contributed by atoms with E-state index in [2.05, 4.69) is 0 Å². The Balaban J connectivity index is 1.44. The summed E-state index contributed by atoms with van der Waals surface area (Å²) in [6, 6.07) is 4.81. The summed E-state index contributed by atoms with van der Waals surface area (Å²) in [5, 5.41) is 0.536. The second-order valence-electron chi connectivity index (χ2n) is 7.59. The summed E-state index contributed by atoms with van der Waals surface area (Å²) < 4.78 is 24.5. The van der Waals surface area contributed by atoms with E-state index >= 15 is 0 Å². The Morgan fingerprint density at radius 3 is 2.81 bits per heavy atom. The summed E-state index contributed by atoms with van der Waals surface area (Å²) in [6.45, 7) is 2.11. The number of para-hydroxylation sites is 1. The van der Waals surface area contributed by atoms with Gasteiger partial charge in [0.25, 0.3) is 5.91 Å². The first-order chi connectivity index (χ1) is 13.1. The van der Waals surface area contributed by atoms with Gasteiger partial charge in [-0.2, -0.15) is 0 Å². The van der Waals surface area contributed by atoms with Crippen LogP contribution in [0.4, 0.5) is 4.39 Å². The monoisotopic (exact) mass is 373 g/mol. The van der Waals surface area contributed by atoms with Gasteiger partial charge in [-0.3, -0.25) is 4.79 Å². The highest BCUT2D eigenvalue weighted by atomic mass is 19.1. The molecule has 1 amide bonds. The number of fused-ring (bicyclic) bond motifs is 2. The molecule has 2 fully saturated rings. The predicted molar refractivity (Wildman–Crippen MR) is 97.9 cm³/mol. The van der Waals surface area contributed by atoms with Gasteiger partial charge < -0.3 is 14.1 Å². The Bertz CT molecular complexity index is 872. The number of halogens is 1. The molecule has 2 aromatic rings. The van der Waals surface area contributed by atoms with Gasteiger partial charge in [0.05, 0.1) is 0 Å². The van der Waals surface area contributed by atoms with Crippen LogP contribution in [0.5, 0.6) is 0 Å². The van der Waals surface area contributed by atoms with Crippen LogP contribution in [0.3, 0.4) is 0 Å². The van der Waals surface area contributed by atoms with E-state index in [4.69, 9.17) is 9.15 Å². The number of benzene rings is 1. The number of amides is 1. The molecule has 1 aromatic carbocycles. The summed E-state index contributed by atoms with van der Waals surface area (Å²) in [5.74, 6) is -0.874. The van der Waals surface area contributed by atoms with E-state index < -0.39 is 11.8 Å². The van der Waals surface area contributed by atoms with Crippen molar-refractivity contribution in [1.82, 2.24) is 4.90 Å². The number of aryl methyl sites for hydroxylation is 1. The minimum Gasteiger partial charge on any atom is -0.450 e. The van der Waals surface area contributed by atoms with Crippen LogP contribution in [0.1, 0.15) is 54.6 Å². The van der Waals surface area contributed by atoms with E-state index in [9.17, 15) is 14.0 Å². The maximum Gasteiger partial charge on any atom is 0.375 e. The highest BCUT2D eigenvalue weighted by Gasteiger charge is 2.36. The zero-order valence-corrected chi connectivity index (χ0v) is 15.5. The van der Waals surface area contributed by atoms with Gasteiger partial charge in [0.15, 0.2) is 18.0 Å². The van der Waals surface area contributed by atoms with Crippen molar-refractivity contribution >= 4 is 22.8 Å². The number of carbonyl (C=O) groups is 2. The Morgan fingerprint density at radius 1 is 1.22 bits per heavy atom. The molecule has 0 bridgehead atoms. The number of piperidine rings is 1. The van der Waals surface area contributed by atoms with Crippen LogP contribution in [0.15, 0.2) is 22.6 Å². The summed E-state index contributed by atoms with van der Waals surface area (Å²) in [6.07, 6.45) is 6.78. The molecule has 1 aromatic heterocycles. The molecule has 6 heteroatoms. The zero-order chi connectivity index (χ0) is 19.0. The number of furan rings is 1. The standard InChI is InChI=1S/C21H24FNO4/c1-13-15-8-4-9-16(22)20(15)27-19(13)21(25)26-12-18(24)23-11-5-7-14-6-2-3-10-17(14)23/h4,8-9,14,17H,2-3,5-7,10-12H2,1H3/t14-,17-/m0/s1. The van der Waals surface area contributed by atoms with Crippen LogP contribution in [0, 0.1) is 18.7 Å². The topological polar surface area (TPSA) is 59.8 Å². The van der Waals surface area contributed by atoms with Gasteiger partial charge in [-0.25, -0.2) is 9.18 Å². The lowest BCUT2D eigenvalue weighted by molar-refractivity contribution is -0.140. The van der Waals surface area contributed by atoms with Crippen LogP contribution in [-0.4, -0.2) is 36.0 Å². The number of nitrogens with zero attached hydrogens (tertiary/aromatic N) is 1. The van der Waals surface area contributed by atoms with Crippen LogP contribution in [0.2, 0.25) is 0 Å². The third-order valence-corrected chi connectivity index (χ3v) is 5.99. The highest BCUT2D eigenvalue weighted by molar-refractivity contribution is 5.96. The van der Waals surface area contributed by atoms with E-state index in [-0.39, 0.29) is 29.9 Å². The van der Waals surface area contributed by atoms with Crippen molar-refractivity contribution in [3.05, 3.63) is 35.3 Å². The lowest BCUT2D eigenvalue weighted by Gasteiger charge is -2.44. The van der Waals surface area contributed by atoms with Gasteiger partial charge in [-0.05, 0) is 44.6 Å². The number of hydrogen-bond donors (Lipinski definition) is 0. The molecule has 0 spiro atoms. The minimum absolute atomic E-state index is 0.0364. The average Bonchev–Trinajstić information content (AvgIpc) is 3.03. The average molecular weight is 373 g/mol. The van der Waals surface area contributed by atoms with E-state index in [1.54, 1.807) is 19.1 Å². The Hall–Kier alpha value is -2.37. The van der Waals surface area contributed by atoms with E-state index in [0.29, 0.717) is 16.9 Å². The van der Waals surface area contributed by atoms with E-state index in [1.807, 2.05) is 4.90 Å². The molecule has 0 N–H and O–H groups in total. The van der Waals surface area contributed by atoms with Crippen molar-refractivity contribution in [2.24, 2.45) is 5.92 Å². The second kappa shape index (κ2) is 7.33. The molecule has 5 nitrogen and oxygen atoms in total. The molecule has 1 aliphatic heterocycles. The molecule has 0 unspecified atom stereocenters. The molecule has 0 radical (unpaired) electrons. The fraction of sp³-hybridized carbons (Fsp3) is 0.524. The quantitative estimate of drug-likeness (QED) is 0.756. The maximum absolute atomic E-state index is 13.9. The fourth-order valence-electron chi connectivity index (χ4n) is 4.61. The van der Waals surface area contributed by atoms with Gasteiger partial charge in [-0.15, -0.1) is 0 Å². The number of rotatable bonds is 3. The predicted octanol–water partition coefficient (Wildman–Crippen LogP) is 4.22. The summed E-state index contributed by atoms with van der Waals surface area (Å²) in [7, 11) is 0. The molecule has 27 heavy (non-hydrogen) atoms. The summed E-state index contributed by atoms with van der Waals surface area (Å²) in [4.78, 5) is 27.0. The third kappa shape index (κ3) is 3.33. The molecule has 4 rings (SSSR count). The number of carbonyl (C=O) groups excluding carboxylic acids is 2. The van der Waals surface area contributed by atoms with E-state index in [1.165, 1.54) is 25.3 Å². The van der Waals surface area contributed by atoms with Gasteiger partial charge in [0, 0.05) is 23.5 Å². The first-order valence-electron chi connectivity index (χ1n) is 9.70. The molecule has 1 aliphatic carbocycles. The van der Waals surface area contributed by atoms with Crippen LogP contribution in [0.25, 0.3) is 11.0 Å². The normalized spacial score (nSPS) is 22.5. The Labute approximate surface area is 157 Å². The number of hydrogen-bond acceptors (Lipinski definition) is 4. The molecular weight excluding hydrogens is 349 g/mol. The molecular formula is C21H24FNO4. The molecule has 1 saturated heterocycles. The summed E-state index contributed by atoms with van der Waals surface area (Å²) in [5.41, 5.74) is 0.557.